The summed E-state index contributed by atoms with van der Waals surface area (Å²) < 4.78 is 0. The van der Waals surface area contributed by atoms with Gasteiger partial charge in [-0.15, -0.1) is 36.2 Å². The summed E-state index contributed by atoms with van der Waals surface area (Å²) in [6.07, 6.45) is 7.51. The maximum absolute atomic E-state index is 12.5. The summed E-state index contributed by atoms with van der Waals surface area (Å²) >= 11 is 1.76. The second-order valence-electron chi connectivity index (χ2n) is 7.20. The molecule has 2 bridgehead atoms. The van der Waals surface area contributed by atoms with Crippen LogP contribution in [0.15, 0.2) is 0 Å². The van der Waals surface area contributed by atoms with Crippen molar-refractivity contribution in [2.45, 2.75) is 64.8 Å². The molecule has 4 nitrogen and oxygen atoms in total. The molecule has 2 atom stereocenters. The molecular weight excluding hydrogens is 377 g/mol. The van der Waals surface area contributed by atoms with Crippen LogP contribution in [-0.2, 0) is 17.6 Å². The van der Waals surface area contributed by atoms with Gasteiger partial charge in [-0.2, -0.15) is 0 Å². The highest BCUT2D eigenvalue weighted by molar-refractivity contribution is 7.11. The first-order valence-electron chi connectivity index (χ1n) is 9.07. The van der Waals surface area contributed by atoms with Crippen LogP contribution in [0.2, 0.25) is 0 Å². The van der Waals surface area contributed by atoms with Gasteiger partial charge >= 0.3 is 0 Å². The van der Waals surface area contributed by atoms with E-state index in [9.17, 15) is 4.79 Å². The molecule has 0 spiro atoms. The fourth-order valence-corrected chi connectivity index (χ4v) is 5.38. The number of halogens is 2. The second kappa shape index (κ2) is 10.1. The Bertz CT molecular complexity index is 553. The second-order valence-corrected chi connectivity index (χ2v) is 8.49. The summed E-state index contributed by atoms with van der Waals surface area (Å²) in [6, 6.07) is 0.332. The van der Waals surface area contributed by atoms with Crippen LogP contribution in [0.4, 0.5) is 0 Å². The van der Waals surface area contributed by atoms with Crippen LogP contribution in [0, 0.1) is 24.7 Å². The van der Waals surface area contributed by atoms with Crippen molar-refractivity contribution in [1.29, 1.82) is 0 Å². The lowest BCUT2D eigenvalue weighted by Gasteiger charge is -2.43. The van der Waals surface area contributed by atoms with E-state index in [2.05, 4.69) is 24.1 Å². The fraction of sp³-hybridized carbons (Fsp3) is 0.778. The van der Waals surface area contributed by atoms with Crippen LogP contribution < -0.4 is 11.1 Å². The maximum atomic E-state index is 12.5. The molecule has 1 heterocycles. The predicted octanol–water partition coefficient (Wildman–Crippen LogP) is 3.67. The minimum absolute atomic E-state index is 0. The number of carbonyl (C=O) groups is 1. The molecule has 0 aliphatic heterocycles. The van der Waals surface area contributed by atoms with Gasteiger partial charge in [0.2, 0.25) is 5.91 Å². The first kappa shape index (κ1) is 22.7. The van der Waals surface area contributed by atoms with Crippen LogP contribution in [0.1, 0.15) is 54.6 Å². The van der Waals surface area contributed by atoms with Crippen LogP contribution in [0.3, 0.4) is 0 Å². The van der Waals surface area contributed by atoms with Gasteiger partial charge in [-0.3, -0.25) is 4.79 Å². The quantitative estimate of drug-likeness (QED) is 0.781. The number of fused-ring (bicyclic) bond motifs is 2. The van der Waals surface area contributed by atoms with Gasteiger partial charge in [0.05, 0.1) is 10.7 Å². The Hall–Kier alpha value is -0.360. The number of hydrogen-bond acceptors (Lipinski definition) is 4. The first-order valence-corrected chi connectivity index (χ1v) is 9.88. The third-order valence-electron chi connectivity index (χ3n) is 5.69. The summed E-state index contributed by atoms with van der Waals surface area (Å²) in [5.74, 6) is 1.53. The van der Waals surface area contributed by atoms with Gasteiger partial charge in [0.1, 0.15) is 0 Å². The average molecular weight is 408 g/mol. The molecule has 144 valence electrons. The number of nitrogens with one attached hydrogen (secondary N) is 1. The summed E-state index contributed by atoms with van der Waals surface area (Å²) in [5, 5.41) is 4.28. The predicted molar refractivity (Wildman–Crippen MR) is 109 cm³/mol. The van der Waals surface area contributed by atoms with Crippen molar-refractivity contribution in [2.75, 3.05) is 6.54 Å². The van der Waals surface area contributed by atoms with Crippen molar-refractivity contribution < 1.29 is 4.79 Å². The molecule has 7 heteroatoms. The fourth-order valence-electron chi connectivity index (χ4n) is 4.36. The van der Waals surface area contributed by atoms with Gasteiger partial charge in [-0.25, -0.2) is 4.98 Å². The number of hydrogen-bond donors (Lipinski definition) is 2. The lowest BCUT2D eigenvalue weighted by atomic mass is 9.65. The monoisotopic (exact) mass is 407 g/mol. The zero-order valence-electron chi connectivity index (χ0n) is 15.1. The number of aromatic nitrogens is 1. The number of aryl methyl sites for hydroxylation is 2. The molecule has 2 aliphatic carbocycles. The number of nitrogens with zero attached hydrogens (tertiary/aromatic N) is 1. The van der Waals surface area contributed by atoms with Crippen LogP contribution in [0.5, 0.6) is 0 Å². The SMILES string of the molecule is CCc1nc(CCNC(=O)C2CC3CCCC(C2)C3N)sc1C.Cl.Cl. The largest absolute Gasteiger partial charge is 0.355 e. The van der Waals surface area contributed by atoms with Crippen LogP contribution >= 0.6 is 36.2 Å². The minimum Gasteiger partial charge on any atom is -0.355 e. The molecule has 0 radical (unpaired) electrons. The lowest BCUT2D eigenvalue weighted by molar-refractivity contribution is -0.127. The van der Waals surface area contributed by atoms with Crippen molar-refractivity contribution in [3.8, 4) is 0 Å². The summed E-state index contributed by atoms with van der Waals surface area (Å²) in [4.78, 5) is 18.4. The number of rotatable bonds is 5. The van der Waals surface area contributed by atoms with E-state index in [0.29, 0.717) is 24.4 Å². The molecule has 0 saturated heterocycles. The first-order chi connectivity index (χ1) is 11.1. The van der Waals surface area contributed by atoms with Gasteiger partial charge in [0.25, 0.3) is 0 Å². The van der Waals surface area contributed by atoms with Crippen molar-refractivity contribution in [3.63, 3.8) is 0 Å². The van der Waals surface area contributed by atoms with E-state index in [1.54, 1.807) is 11.3 Å². The molecule has 2 aliphatic rings. The Morgan fingerprint density at radius 2 is 1.92 bits per heavy atom. The minimum atomic E-state index is 0. The molecule has 2 fully saturated rings. The lowest BCUT2D eigenvalue weighted by Crippen LogP contribution is -2.49. The van der Waals surface area contributed by atoms with Crippen LogP contribution in [0.25, 0.3) is 0 Å². The molecule has 1 aromatic rings. The zero-order valence-corrected chi connectivity index (χ0v) is 17.6. The molecule has 3 rings (SSSR count). The smallest absolute Gasteiger partial charge is 0.223 e. The topological polar surface area (TPSA) is 68.0 Å². The Morgan fingerprint density at radius 1 is 1.28 bits per heavy atom. The molecule has 1 aromatic heterocycles. The van der Waals surface area contributed by atoms with Gasteiger partial charge in [0.15, 0.2) is 0 Å². The Morgan fingerprint density at radius 3 is 2.48 bits per heavy atom. The summed E-state index contributed by atoms with van der Waals surface area (Å²) in [5.41, 5.74) is 7.51. The van der Waals surface area contributed by atoms with Crippen molar-refractivity contribution >= 4 is 42.1 Å². The van der Waals surface area contributed by atoms with E-state index < -0.39 is 0 Å². The summed E-state index contributed by atoms with van der Waals surface area (Å²) in [7, 11) is 0. The third-order valence-corrected chi connectivity index (χ3v) is 6.77. The number of thiazole rings is 1. The number of nitrogens with two attached hydrogens (primary N) is 1. The van der Waals surface area contributed by atoms with Gasteiger partial charge in [-0.05, 0) is 50.9 Å². The standard InChI is InChI=1S/C18H29N3OS.2ClH/c1-3-15-11(2)23-16(21-15)7-8-20-18(22)14-9-12-5-4-6-13(10-14)17(12)19;;/h12-14,17H,3-10,19H2,1-2H3,(H,20,22);2*1H. The van der Waals surface area contributed by atoms with Gasteiger partial charge in [-0.1, -0.05) is 13.3 Å². The van der Waals surface area contributed by atoms with Crippen molar-refractivity contribution in [2.24, 2.45) is 23.5 Å². The van der Waals surface area contributed by atoms with E-state index in [4.69, 9.17) is 5.73 Å². The highest BCUT2D eigenvalue weighted by Crippen LogP contribution is 2.41. The third kappa shape index (κ3) is 5.31. The molecule has 3 N–H and O–H groups in total. The summed E-state index contributed by atoms with van der Waals surface area (Å²) in [6.45, 7) is 4.97. The molecular formula is C18H31Cl2N3OS. The van der Waals surface area contributed by atoms with E-state index in [-0.39, 0.29) is 36.6 Å². The highest BCUT2D eigenvalue weighted by atomic mass is 35.5. The van der Waals surface area contributed by atoms with Crippen LogP contribution in [-0.4, -0.2) is 23.5 Å². The molecule has 2 unspecified atom stereocenters. The maximum Gasteiger partial charge on any atom is 0.223 e. The number of amides is 1. The van der Waals surface area contributed by atoms with Crippen molar-refractivity contribution in [3.05, 3.63) is 15.6 Å². The highest BCUT2D eigenvalue weighted by Gasteiger charge is 2.40. The van der Waals surface area contributed by atoms with E-state index in [1.807, 2.05) is 0 Å². The molecule has 2 saturated carbocycles. The van der Waals surface area contributed by atoms with E-state index in [1.165, 1.54) is 29.8 Å². The van der Waals surface area contributed by atoms with E-state index in [0.717, 1.165) is 30.7 Å². The molecule has 0 aromatic carbocycles. The normalized spacial score (nSPS) is 27.8. The number of carbonyl (C=O) groups excluding carboxylic acids is 1. The molecule has 25 heavy (non-hydrogen) atoms. The average Bonchev–Trinajstić information content (AvgIpc) is 2.87. The van der Waals surface area contributed by atoms with Gasteiger partial charge < -0.3 is 11.1 Å². The van der Waals surface area contributed by atoms with Crippen molar-refractivity contribution in [1.82, 2.24) is 10.3 Å². The molecule has 1 amide bonds. The van der Waals surface area contributed by atoms with Gasteiger partial charge in [0, 0.05) is 29.8 Å². The Labute approximate surface area is 167 Å². The van der Waals surface area contributed by atoms with E-state index >= 15 is 0 Å². The Balaban J connectivity index is 0.00000156. The Kier molecular flexibility index (Phi) is 9.16. The zero-order chi connectivity index (χ0) is 16.4.